The monoisotopic (exact) mass is 324 g/mol. The lowest BCUT2D eigenvalue weighted by molar-refractivity contribution is 0.0697. The minimum atomic E-state index is -1.10. The highest BCUT2D eigenvalue weighted by atomic mass is 35.5. The molecule has 110 valence electrons. The maximum Gasteiger partial charge on any atom is 0.337 e. The number of urea groups is 1. The molecule has 2 amide bonds. The van der Waals surface area contributed by atoms with Crippen LogP contribution in [0.1, 0.15) is 15.9 Å². The van der Waals surface area contributed by atoms with Crippen LogP contribution in [0.25, 0.3) is 0 Å². The number of anilines is 1. The van der Waals surface area contributed by atoms with Gasteiger partial charge in [0.05, 0.1) is 10.6 Å². The van der Waals surface area contributed by atoms with Gasteiger partial charge >= 0.3 is 12.0 Å². The summed E-state index contributed by atoms with van der Waals surface area (Å²) in [6.07, 6.45) is 0. The summed E-state index contributed by atoms with van der Waals surface area (Å²) in [5.74, 6) is -1.10. The minimum Gasteiger partial charge on any atom is -0.478 e. The number of carboxylic acid groups (broad SMARTS) is 1. The number of nitrogens with zero attached hydrogens (tertiary/aromatic N) is 1. The summed E-state index contributed by atoms with van der Waals surface area (Å²) in [4.78, 5) is 24.4. The fourth-order valence-electron chi connectivity index (χ4n) is 1.71. The van der Waals surface area contributed by atoms with Crippen LogP contribution in [0.3, 0.4) is 0 Å². The molecule has 2 aromatic rings. The smallest absolute Gasteiger partial charge is 0.337 e. The number of rotatable bonds is 4. The zero-order chi connectivity index (χ0) is 15.4. The lowest BCUT2D eigenvalue weighted by Gasteiger charge is -2.17. The van der Waals surface area contributed by atoms with Gasteiger partial charge in [0.25, 0.3) is 0 Å². The topological polar surface area (TPSA) is 69.6 Å². The van der Waals surface area contributed by atoms with E-state index in [1.165, 1.54) is 23.1 Å². The number of nitrogens with one attached hydrogen (secondary N) is 1. The molecule has 1 heterocycles. The van der Waals surface area contributed by atoms with Crippen molar-refractivity contribution < 1.29 is 14.7 Å². The number of halogens is 1. The average Bonchev–Trinajstić information content (AvgIpc) is 2.91. The quantitative estimate of drug-likeness (QED) is 0.899. The van der Waals surface area contributed by atoms with Crippen molar-refractivity contribution in [3.05, 3.63) is 51.2 Å². The Bertz CT molecular complexity index is 658. The normalized spacial score (nSPS) is 10.2. The second kappa shape index (κ2) is 6.60. The Kier molecular flexibility index (Phi) is 4.82. The van der Waals surface area contributed by atoms with E-state index in [4.69, 9.17) is 16.7 Å². The number of carbonyl (C=O) groups is 2. The molecule has 1 aromatic carbocycles. The number of benzene rings is 1. The number of carbonyl (C=O) groups excluding carboxylic acids is 1. The molecule has 0 spiro atoms. The van der Waals surface area contributed by atoms with Crippen molar-refractivity contribution >= 4 is 40.6 Å². The number of hydrogen-bond donors (Lipinski definition) is 2. The summed E-state index contributed by atoms with van der Waals surface area (Å²) in [7, 11) is 1.68. The molecule has 0 aliphatic carbocycles. The van der Waals surface area contributed by atoms with E-state index in [1.807, 2.05) is 16.8 Å². The predicted octanol–water partition coefficient (Wildman–Crippen LogP) is 3.76. The Hall–Kier alpha value is -2.05. The van der Waals surface area contributed by atoms with Gasteiger partial charge in [0, 0.05) is 19.3 Å². The number of aromatic carboxylic acids is 1. The maximum absolute atomic E-state index is 12.0. The summed E-state index contributed by atoms with van der Waals surface area (Å²) in [5.41, 5.74) is 1.50. The van der Waals surface area contributed by atoms with E-state index in [2.05, 4.69) is 5.32 Å². The highest BCUT2D eigenvalue weighted by Crippen LogP contribution is 2.21. The average molecular weight is 325 g/mol. The van der Waals surface area contributed by atoms with E-state index < -0.39 is 5.97 Å². The summed E-state index contributed by atoms with van der Waals surface area (Å²) in [6, 6.07) is 5.94. The van der Waals surface area contributed by atoms with Crippen LogP contribution in [0, 0.1) is 0 Å². The number of amides is 2. The number of hydrogen-bond acceptors (Lipinski definition) is 3. The molecular weight excluding hydrogens is 312 g/mol. The van der Waals surface area contributed by atoms with E-state index in [9.17, 15) is 9.59 Å². The highest BCUT2D eigenvalue weighted by molar-refractivity contribution is 7.07. The Balaban J connectivity index is 2.02. The summed E-state index contributed by atoms with van der Waals surface area (Å²) in [5, 5.41) is 15.6. The highest BCUT2D eigenvalue weighted by Gasteiger charge is 2.12. The van der Waals surface area contributed by atoms with Crippen molar-refractivity contribution in [3.63, 3.8) is 0 Å². The van der Waals surface area contributed by atoms with Gasteiger partial charge in [-0.25, -0.2) is 9.59 Å². The molecule has 1 aromatic heterocycles. The molecule has 0 atom stereocenters. The third kappa shape index (κ3) is 3.96. The van der Waals surface area contributed by atoms with Crippen molar-refractivity contribution in [2.24, 2.45) is 0 Å². The lowest BCUT2D eigenvalue weighted by Crippen LogP contribution is -2.30. The van der Waals surface area contributed by atoms with Crippen molar-refractivity contribution in [1.82, 2.24) is 4.90 Å². The van der Waals surface area contributed by atoms with Crippen molar-refractivity contribution in [2.75, 3.05) is 12.4 Å². The van der Waals surface area contributed by atoms with E-state index in [0.29, 0.717) is 12.2 Å². The first kappa shape index (κ1) is 15.3. The van der Waals surface area contributed by atoms with Crippen LogP contribution in [0.2, 0.25) is 5.02 Å². The van der Waals surface area contributed by atoms with Gasteiger partial charge in [0.1, 0.15) is 0 Å². The minimum absolute atomic E-state index is 0.00120. The molecule has 0 bridgehead atoms. The fraction of sp³-hybridized carbons (Fsp3) is 0.143. The van der Waals surface area contributed by atoms with Crippen LogP contribution < -0.4 is 5.32 Å². The largest absolute Gasteiger partial charge is 0.478 e. The summed E-state index contributed by atoms with van der Waals surface area (Å²) in [6.45, 7) is 0.496. The Morgan fingerprint density at radius 2 is 2.14 bits per heavy atom. The van der Waals surface area contributed by atoms with Gasteiger partial charge in [-0.05, 0) is 40.6 Å². The standard InChI is InChI=1S/C14H13ClN2O3S/c1-17(7-9-4-5-21-8-9)14(20)16-10-2-3-11(13(18)19)12(15)6-10/h2-6,8H,7H2,1H3,(H,16,20)(H,18,19). The molecule has 2 rings (SSSR count). The molecule has 2 N–H and O–H groups in total. The van der Waals surface area contributed by atoms with Gasteiger partial charge in [0.15, 0.2) is 0 Å². The van der Waals surface area contributed by atoms with E-state index in [0.717, 1.165) is 5.56 Å². The third-order valence-electron chi connectivity index (χ3n) is 2.80. The molecule has 0 unspecified atom stereocenters. The van der Waals surface area contributed by atoms with Gasteiger partial charge in [-0.15, -0.1) is 0 Å². The maximum atomic E-state index is 12.0. The first-order chi connectivity index (χ1) is 9.97. The van der Waals surface area contributed by atoms with Crippen molar-refractivity contribution in [1.29, 1.82) is 0 Å². The Morgan fingerprint density at radius 1 is 1.38 bits per heavy atom. The third-order valence-corrected chi connectivity index (χ3v) is 3.84. The molecule has 0 radical (unpaired) electrons. The molecule has 7 heteroatoms. The van der Waals surface area contributed by atoms with Crippen LogP contribution in [-0.2, 0) is 6.54 Å². The van der Waals surface area contributed by atoms with E-state index in [1.54, 1.807) is 18.4 Å². The molecular formula is C14H13ClN2O3S. The molecule has 0 saturated heterocycles. The Morgan fingerprint density at radius 3 is 2.71 bits per heavy atom. The van der Waals surface area contributed by atoms with E-state index in [-0.39, 0.29) is 16.6 Å². The Labute approximate surface area is 130 Å². The zero-order valence-electron chi connectivity index (χ0n) is 11.2. The molecule has 0 saturated carbocycles. The first-order valence-electron chi connectivity index (χ1n) is 6.03. The summed E-state index contributed by atoms with van der Waals surface area (Å²) >= 11 is 7.43. The number of carboxylic acids is 1. The SMILES string of the molecule is CN(Cc1ccsc1)C(=O)Nc1ccc(C(=O)O)c(Cl)c1. The van der Waals surface area contributed by atoms with Crippen LogP contribution in [-0.4, -0.2) is 29.1 Å². The lowest BCUT2D eigenvalue weighted by atomic mass is 10.2. The molecule has 5 nitrogen and oxygen atoms in total. The van der Waals surface area contributed by atoms with Gasteiger partial charge in [0.2, 0.25) is 0 Å². The second-order valence-electron chi connectivity index (χ2n) is 4.42. The van der Waals surface area contributed by atoms with Gasteiger partial charge in [-0.1, -0.05) is 11.6 Å². The van der Waals surface area contributed by atoms with Crippen molar-refractivity contribution in [3.8, 4) is 0 Å². The molecule has 0 aliphatic heterocycles. The van der Waals surface area contributed by atoms with Gasteiger partial charge in [-0.2, -0.15) is 11.3 Å². The fourth-order valence-corrected chi connectivity index (χ4v) is 2.63. The van der Waals surface area contributed by atoms with Crippen LogP contribution in [0.15, 0.2) is 35.0 Å². The van der Waals surface area contributed by atoms with Crippen molar-refractivity contribution in [2.45, 2.75) is 6.54 Å². The second-order valence-corrected chi connectivity index (χ2v) is 5.60. The molecule has 0 fully saturated rings. The number of thiophene rings is 1. The first-order valence-corrected chi connectivity index (χ1v) is 7.35. The van der Waals surface area contributed by atoms with Crippen LogP contribution in [0.4, 0.5) is 10.5 Å². The predicted molar refractivity (Wildman–Crippen MR) is 83.2 cm³/mol. The van der Waals surface area contributed by atoms with Crippen LogP contribution in [0.5, 0.6) is 0 Å². The van der Waals surface area contributed by atoms with Gasteiger partial charge < -0.3 is 15.3 Å². The van der Waals surface area contributed by atoms with E-state index >= 15 is 0 Å². The zero-order valence-corrected chi connectivity index (χ0v) is 12.7. The summed E-state index contributed by atoms with van der Waals surface area (Å²) < 4.78 is 0. The van der Waals surface area contributed by atoms with Crippen LogP contribution >= 0.6 is 22.9 Å². The van der Waals surface area contributed by atoms with Gasteiger partial charge in [-0.3, -0.25) is 0 Å². The molecule has 21 heavy (non-hydrogen) atoms. The molecule has 0 aliphatic rings.